The molecular formula is C7H13ClO2. The normalized spacial score (nSPS) is 18.9. The van der Waals surface area contributed by atoms with Crippen LogP contribution in [0.2, 0.25) is 0 Å². The zero-order valence-corrected chi connectivity index (χ0v) is 6.77. The molecule has 1 saturated carbocycles. The van der Waals surface area contributed by atoms with Gasteiger partial charge in [-0.05, 0) is 19.3 Å². The van der Waals surface area contributed by atoms with Crippen molar-refractivity contribution in [2.45, 2.75) is 25.4 Å². The maximum Gasteiger partial charge on any atom is 0.120 e. The summed E-state index contributed by atoms with van der Waals surface area (Å²) in [6, 6.07) is 0.272. The van der Waals surface area contributed by atoms with Crippen molar-refractivity contribution in [3.63, 3.8) is 0 Å². The highest BCUT2D eigenvalue weighted by Crippen LogP contribution is 2.21. The van der Waals surface area contributed by atoms with Crippen LogP contribution in [0.15, 0.2) is 0 Å². The molecule has 0 saturated heterocycles. The molecule has 1 rings (SSSR count). The highest BCUT2D eigenvalue weighted by atomic mass is 35.5. The topological polar surface area (TPSA) is 18.5 Å². The zero-order valence-electron chi connectivity index (χ0n) is 6.01. The van der Waals surface area contributed by atoms with Crippen molar-refractivity contribution in [1.82, 2.24) is 0 Å². The largest absolute Gasteiger partial charge is 0.376 e. The Balaban J connectivity index is 1.76. The van der Waals surface area contributed by atoms with E-state index >= 15 is 0 Å². The molecule has 1 fully saturated rings. The van der Waals surface area contributed by atoms with Crippen LogP contribution in [-0.4, -0.2) is 25.4 Å². The van der Waals surface area contributed by atoms with Gasteiger partial charge in [0.15, 0.2) is 0 Å². The lowest BCUT2D eigenvalue weighted by molar-refractivity contribution is -0.0231. The lowest BCUT2D eigenvalue weighted by Gasteiger charge is -2.25. The molecule has 2 nitrogen and oxygen atoms in total. The fraction of sp³-hybridized carbons (Fsp3) is 1.00. The SMILES string of the molecule is ClCOCCOC1CCC1. The number of hydrogen-bond donors (Lipinski definition) is 0. The van der Waals surface area contributed by atoms with Crippen LogP contribution in [0.5, 0.6) is 0 Å². The van der Waals surface area contributed by atoms with Crippen LogP contribution >= 0.6 is 11.6 Å². The van der Waals surface area contributed by atoms with Gasteiger partial charge >= 0.3 is 0 Å². The molecule has 0 amide bonds. The van der Waals surface area contributed by atoms with Gasteiger partial charge in [0, 0.05) is 0 Å². The van der Waals surface area contributed by atoms with Crippen molar-refractivity contribution in [2.75, 3.05) is 19.3 Å². The van der Waals surface area contributed by atoms with Gasteiger partial charge in [-0.25, -0.2) is 0 Å². The minimum atomic E-state index is 0.272. The first kappa shape index (κ1) is 8.31. The lowest BCUT2D eigenvalue weighted by Crippen LogP contribution is -2.23. The first-order valence-electron chi connectivity index (χ1n) is 3.69. The summed E-state index contributed by atoms with van der Waals surface area (Å²) in [5.74, 6) is 0. The van der Waals surface area contributed by atoms with Gasteiger partial charge in [-0.1, -0.05) is 11.6 Å². The number of rotatable bonds is 5. The molecule has 0 N–H and O–H groups in total. The second-order valence-corrected chi connectivity index (χ2v) is 2.66. The average molecular weight is 165 g/mol. The van der Waals surface area contributed by atoms with E-state index in [1.54, 1.807) is 0 Å². The minimum absolute atomic E-state index is 0.272. The molecule has 3 heteroatoms. The smallest absolute Gasteiger partial charge is 0.120 e. The molecular weight excluding hydrogens is 152 g/mol. The van der Waals surface area contributed by atoms with Crippen LogP contribution in [0.25, 0.3) is 0 Å². The highest BCUT2D eigenvalue weighted by Gasteiger charge is 2.16. The van der Waals surface area contributed by atoms with Crippen molar-refractivity contribution >= 4 is 11.6 Å². The van der Waals surface area contributed by atoms with Crippen molar-refractivity contribution < 1.29 is 9.47 Å². The predicted octanol–water partition coefficient (Wildman–Crippen LogP) is 1.77. The van der Waals surface area contributed by atoms with Crippen molar-refractivity contribution in [1.29, 1.82) is 0 Å². The Hall–Kier alpha value is 0.210. The van der Waals surface area contributed by atoms with E-state index in [4.69, 9.17) is 21.1 Å². The van der Waals surface area contributed by atoms with Crippen molar-refractivity contribution in [2.24, 2.45) is 0 Å². The van der Waals surface area contributed by atoms with E-state index in [-0.39, 0.29) is 6.07 Å². The molecule has 0 spiro atoms. The average Bonchev–Trinajstić information content (AvgIpc) is 1.84. The van der Waals surface area contributed by atoms with E-state index in [0.29, 0.717) is 19.3 Å². The summed E-state index contributed by atoms with van der Waals surface area (Å²) in [6.45, 7) is 1.32. The Morgan fingerprint density at radius 2 is 2.10 bits per heavy atom. The van der Waals surface area contributed by atoms with Gasteiger partial charge in [-0.3, -0.25) is 0 Å². The molecule has 1 aliphatic carbocycles. The molecule has 1 aliphatic rings. The van der Waals surface area contributed by atoms with Gasteiger partial charge in [-0.2, -0.15) is 0 Å². The summed E-state index contributed by atoms with van der Waals surface area (Å²) in [5, 5.41) is 0. The van der Waals surface area contributed by atoms with Crippen LogP contribution in [0.3, 0.4) is 0 Å². The molecule has 60 valence electrons. The summed E-state index contributed by atoms with van der Waals surface area (Å²) in [7, 11) is 0. The molecule has 0 bridgehead atoms. The fourth-order valence-corrected chi connectivity index (χ4v) is 0.975. The first-order chi connectivity index (χ1) is 4.93. The van der Waals surface area contributed by atoms with Crippen LogP contribution in [0, 0.1) is 0 Å². The van der Waals surface area contributed by atoms with Crippen LogP contribution < -0.4 is 0 Å². The third kappa shape index (κ3) is 2.86. The maximum atomic E-state index is 5.40. The van der Waals surface area contributed by atoms with Gasteiger partial charge < -0.3 is 9.47 Å². The molecule has 0 heterocycles. The fourth-order valence-electron chi connectivity index (χ4n) is 0.866. The second kappa shape index (κ2) is 4.94. The monoisotopic (exact) mass is 164 g/mol. The Bertz CT molecular complexity index is 83.7. The molecule has 0 unspecified atom stereocenters. The van der Waals surface area contributed by atoms with E-state index in [1.807, 2.05) is 0 Å². The third-order valence-electron chi connectivity index (χ3n) is 1.71. The predicted molar refractivity (Wildman–Crippen MR) is 40.3 cm³/mol. The van der Waals surface area contributed by atoms with Crippen molar-refractivity contribution in [3.05, 3.63) is 0 Å². The second-order valence-electron chi connectivity index (χ2n) is 2.44. The van der Waals surface area contributed by atoms with E-state index in [1.165, 1.54) is 19.3 Å². The molecule has 10 heavy (non-hydrogen) atoms. The number of halogens is 1. The molecule has 0 aliphatic heterocycles. The number of alkyl halides is 1. The summed E-state index contributed by atoms with van der Waals surface area (Å²) < 4.78 is 10.3. The molecule has 0 aromatic heterocycles. The Labute approximate surface area is 66.5 Å². The summed E-state index contributed by atoms with van der Waals surface area (Å²) in [5.41, 5.74) is 0. The minimum Gasteiger partial charge on any atom is -0.376 e. The van der Waals surface area contributed by atoms with E-state index in [0.717, 1.165) is 0 Å². The van der Waals surface area contributed by atoms with Gasteiger partial charge in [0.1, 0.15) is 6.07 Å². The van der Waals surface area contributed by atoms with E-state index in [9.17, 15) is 0 Å². The van der Waals surface area contributed by atoms with Gasteiger partial charge in [-0.15, -0.1) is 0 Å². The zero-order chi connectivity index (χ0) is 7.23. The van der Waals surface area contributed by atoms with Crippen LogP contribution in [0.1, 0.15) is 19.3 Å². The van der Waals surface area contributed by atoms with Crippen molar-refractivity contribution in [3.8, 4) is 0 Å². The van der Waals surface area contributed by atoms with Gasteiger partial charge in [0.2, 0.25) is 0 Å². The number of ether oxygens (including phenoxy) is 2. The molecule has 0 atom stereocenters. The lowest BCUT2D eigenvalue weighted by atomic mass is 9.96. The van der Waals surface area contributed by atoms with Gasteiger partial charge in [0.25, 0.3) is 0 Å². The maximum absolute atomic E-state index is 5.40. The summed E-state index contributed by atoms with van der Waals surface area (Å²) >= 11 is 5.29. The van der Waals surface area contributed by atoms with E-state index in [2.05, 4.69) is 0 Å². The highest BCUT2D eigenvalue weighted by molar-refractivity contribution is 6.17. The quantitative estimate of drug-likeness (QED) is 0.456. The third-order valence-corrected chi connectivity index (χ3v) is 1.86. The standard InChI is InChI=1S/C7H13ClO2/c8-6-9-4-5-10-7-2-1-3-7/h7H,1-6H2. The Morgan fingerprint density at radius 3 is 2.60 bits per heavy atom. The number of hydrogen-bond acceptors (Lipinski definition) is 2. The molecule has 0 aromatic rings. The molecule has 0 aromatic carbocycles. The summed E-state index contributed by atoms with van der Waals surface area (Å²) in [6.07, 6.45) is 4.28. The molecule has 0 radical (unpaired) electrons. The Morgan fingerprint density at radius 1 is 1.30 bits per heavy atom. The van der Waals surface area contributed by atoms with Gasteiger partial charge in [0.05, 0.1) is 19.3 Å². The summed E-state index contributed by atoms with van der Waals surface area (Å²) in [4.78, 5) is 0. The Kier molecular flexibility index (Phi) is 4.10. The first-order valence-corrected chi connectivity index (χ1v) is 4.22. The van der Waals surface area contributed by atoms with Crippen LogP contribution in [-0.2, 0) is 9.47 Å². The van der Waals surface area contributed by atoms with Crippen LogP contribution in [0.4, 0.5) is 0 Å². The van der Waals surface area contributed by atoms with E-state index < -0.39 is 0 Å².